The van der Waals surface area contributed by atoms with Gasteiger partial charge in [0.15, 0.2) is 0 Å². The van der Waals surface area contributed by atoms with Gasteiger partial charge in [0, 0.05) is 19.8 Å². The fraction of sp³-hybridized carbons (Fsp3) is 0.650. The normalized spacial score (nSPS) is 18.4. The van der Waals surface area contributed by atoms with E-state index in [2.05, 4.69) is 38.2 Å². The molecule has 1 unspecified atom stereocenters. The van der Waals surface area contributed by atoms with E-state index in [1.807, 2.05) is 19.1 Å². The summed E-state index contributed by atoms with van der Waals surface area (Å²) in [5, 5.41) is 3.05. The van der Waals surface area contributed by atoms with E-state index in [-0.39, 0.29) is 17.4 Å². The van der Waals surface area contributed by atoms with Crippen molar-refractivity contribution in [1.29, 1.82) is 0 Å². The van der Waals surface area contributed by atoms with Crippen molar-refractivity contribution < 1.29 is 14.3 Å². The average Bonchev–Trinajstić information content (AvgIpc) is 2.60. The molecule has 1 aliphatic rings. The van der Waals surface area contributed by atoms with Crippen LogP contribution in [0.15, 0.2) is 24.3 Å². The van der Waals surface area contributed by atoms with Gasteiger partial charge in [-0.15, -0.1) is 0 Å². The van der Waals surface area contributed by atoms with Crippen molar-refractivity contribution in [2.45, 2.75) is 52.0 Å². The maximum Gasteiger partial charge on any atom is 0.227 e. The summed E-state index contributed by atoms with van der Waals surface area (Å²) >= 11 is 0. The first-order valence-corrected chi connectivity index (χ1v) is 9.09. The number of nitrogens with one attached hydrogen (secondary N) is 1. The predicted octanol–water partition coefficient (Wildman–Crippen LogP) is 2.62. The molecule has 1 amide bonds. The van der Waals surface area contributed by atoms with Crippen LogP contribution in [0.3, 0.4) is 0 Å². The summed E-state index contributed by atoms with van der Waals surface area (Å²) in [6.07, 6.45) is 1.36. The van der Waals surface area contributed by atoms with Crippen LogP contribution in [0.5, 0.6) is 5.75 Å². The number of carbonyl (C=O) groups excluding carboxylic acids is 1. The lowest BCUT2D eigenvalue weighted by Gasteiger charge is -2.35. The van der Waals surface area contributed by atoms with Gasteiger partial charge < -0.3 is 20.5 Å². The van der Waals surface area contributed by atoms with Crippen molar-refractivity contribution in [3.8, 4) is 5.75 Å². The van der Waals surface area contributed by atoms with Crippen molar-refractivity contribution >= 4 is 5.91 Å². The minimum Gasteiger partial charge on any atom is -0.491 e. The Morgan fingerprint density at radius 1 is 1.28 bits per heavy atom. The van der Waals surface area contributed by atoms with Crippen molar-refractivity contribution in [3.05, 3.63) is 29.8 Å². The average molecular weight is 348 g/mol. The van der Waals surface area contributed by atoms with E-state index in [0.29, 0.717) is 39.2 Å². The van der Waals surface area contributed by atoms with E-state index in [0.717, 1.165) is 5.75 Å². The van der Waals surface area contributed by atoms with E-state index >= 15 is 0 Å². The summed E-state index contributed by atoms with van der Waals surface area (Å²) in [7, 11) is 0. The van der Waals surface area contributed by atoms with Crippen LogP contribution in [0.1, 0.15) is 46.1 Å². The zero-order valence-electron chi connectivity index (χ0n) is 15.9. The first-order chi connectivity index (χ1) is 11.8. The highest BCUT2D eigenvalue weighted by molar-refractivity contribution is 5.83. The Kier molecular flexibility index (Phi) is 6.47. The van der Waals surface area contributed by atoms with Crippen LogP contribution in [-0.4, -0.2) is 38.3 Å². The lowest BCUT2D eigenvalue weighted by Crippen LogP contribution is -2.52. The Labute approximate surface area is 151 Å². The topological polar surface area (TPSA) is 73.6 Å². The summed E-state index contributed by atoms with van der Waals surface area (Å²) in [6.45, 7) is 10.5. The third-order valence-electron chi connectivity index (χ3n) is 4.92. The fourth-order valence-corrected chi connectivity index (χ4v) is 2.98. The highest BCUT2D eigenvalue weighted by Gasteiger charge is 2.39. The second-order valence-corrected chi connectivity index (χ2v) is 8.06. The SMILES string of the molecule is CC(COc1ccc(C(C)(C)C)cc1)NC(=O)C1(CN)CCOCC1. The maximum atomic E-state index is 12.6. The van der Waals surface area contributed by atoms with Crippen molar-refractivity contribution in [2.75, 3.05) is 26.4 Å². The molecule has 1 saturated heterocycles. The number of nitrogens with two attached hydrogens (primary N) is 1. The number of hydrogen-bond donors (Lipinski definition) is 2. The van der Waals surface area contributed by atoms with E-state index in [4.69, 9.17) is 15.2 Å². The third-order valence-corrected chi connectivity index (χ3v) is 4.92. The van der Waals surface area contributed by atoms with Gasteiger partial charge in [0.1, 0.15) is 12.4 Å². The van der Waals surface area contributed by atoms with Gasteiger partial charge in [-0.1, -0.05) is 32.9 Å². The van der Waals surface area contributed by atoms with Crippen LogP contribution in [0, 0.1) is 5.41 Å². The Morgan fingerprint density at radius 2 is 1.88 bits per heavy atom. The van der Waals surface area contributed by atoms with Crippen molar-refractivity contribution in [2.24, 2.45) is 11.1 Å². The lowest BCUT2D eigenvalue weighted by molar-refractivity contribution is -0.136. The van der Waals surface area contributed by atoms with Crippen LogP contribution in [0.2, 0.25) is 0 Å². The quantitative estimate of drug-likeness (QED) is 0.829. The highest BCUT2D eigenvalue weighted by Crippen LogP contribution is 2.29. The molecule has 1 aromatic rings. The molecule has 5 nitrogen and oxygen atoms in total. The summed E-state index contributed by atoms with van der Waals surface area (Å²) in [4.78, 5) is 12.6. The van der Waals surface area contributed by atoms with Crippen LogP contribution in [0.4, 0.5) is 0 Å². The van der Waals surface area contributed by atoms with E-state index in [1.54, 1.807) is 0 Å². The molecule has 1 aliphatic heterocycles. The minimum atomic E-state index is -0.499. The molecule has 1 aromatic carbocycles. The molecular formula is C20H32N2O3. The Bertz CT molecular complexity index is 557. The minimum absolute atomic E-state index is 0.0116. The zero-order valence-corrected chi connectivity index (χ0v) is 15.9. The van der Waals surface area contributed by atoms with Crippen molar-refractivity contribution in [1.82, 2.24) is 5.32 Å². The van der Waals surface area contributed by atoms with Gasteiger partial charge in [-0.25, -0.2) is 0 Å². The molecule has 3 N–H and O–H groups in total. The van der Waals surface area contributed by atoms with E-state index in [1.165, 1.54) is 5.56 Å². The molecule has 2 rings (SSSR count). The van der Waals surface area contributed by atoms with Gasteiger partial charge in [-0.3, -0.25) is 4.79 Å². The van der Waals surface area contributed by atoms with E-state index < -0.39 is 5.41 Å². The van der Waals surface area contributed by atoms with Crippen molar-refractivity contribution in [3.63, 3.8) is 0 Å². The van der Waals surface area contributed by atoms with Crippen LogP contribution >= 0.6 is 0 Å². The van der Waals surface area contributed by atoms with E-state index in [9.17, 15) is 4.79 Å². The van der Waals surface area contributed by atoms with Crippen LogP contribution in [0.25, 0.3) is 0 Å². The third kappa shape index (κ3) is 5.19. The van der Waals surface area contributed by atoms with Gasteiger partial charge in [0.25, 0.3) is 0 Å². The summed E-state index contributed by atoms with van der Waals surface area (Å²) in [6, 6.07) is 8.05. The number of amides is 1. The van der Waals surface area contributed by atoms with Gasteiger partial charge in [-0.05, 0) is 42.9 Å². The van der Waals surface area contributed by atoms with Gasteiger partial charge in [0.2, 0.25) is 5.91 Å². The van der Waals surface area contributed by atoms with Crippen LogP contribution in [-0.2, 0) is 14.9 Å². The smallest absolute Gasteiger partial charge is 0.227 e. The molecule has 5 heteroatoms. The molecular weight excluding hydrogens is 316 g/mol. The summed E-state index contributed by atoms with van der Waals surface area (Å²) in [5.41, 5.74) is 6.78. The molecule has 25 heavy (non-hydrogen) atoms. The largest absolute Gasteiger partial charge is 0.491 e. The molecule has 0 saturated carbocycles. The molecule has 0 spiro atoms. The first kappa shape index (κ1) is 19.7. The first-order valence-electron chi connectivity index (χ1n) is 9.09. The standard InChI is InChI=1S/C20H32N2O3/c1-15(22-18(23)20(14-21)9-11-24-12-10-20)13-25-17-7-5-16(6-8-17)19(2,3)4/h5-8,15H,9-14,21H2,1-4H3,(H,22,23). The second-order valence-electron chi connectivity index (χ2n) is 8.06. The van der Waals surface area contributed by atoms with Gasteiger partial charge >= 0.3 is 0 Å². The Hall–Kier alpha value is -1.59. The number of carbonyl (C=O) groups is 1. The predicted molar refractivity (Wildman–Crippen MR) is 99.8 cm³/mol. The number of benzene rings is 1. The zero-order chi connectivity index (χ0) is 18.5. The second kappa shape index (κ2) is 8.19. The Morgan fingerprint density at radius 3 is 2.40 bits per heavy atom. The Balaban J connectivity index is 1.85. The summed E-state index contributed by atoms with van der Waals surface area (Å²) < 4.78 is 11.2. The molecule has 0 bridgehead atoms. The highest BCUT2D eigenvalue weighted by atomic mass is 16.5. The molecule has 0 aromatic heterocycles. The lowest BCUT2D eigenvalue weighted by atomic mass is 9.79. The molecule has 1 fully saturated rings. The molecule has 1 heterocycles. The summed E-state index contributed by atoms with van der Waals surface area (Å²) in [5.74, 6) is 0.825. The molecule has 0 aliphatic carbocycles. The van der Waals surface area contributed by atoms with Gasteiger partial charge in [0.05, 0.1) is 11.5 Å². The monoisotopic (exact) mass is 348 g/mol. The number of ether oxygens (including phenoxy) is 2. The van der Waals surface area contributed by atoms with Crippen LogP contribution < -0.4 is 15.8 Å². The molecule has 140 valence electrons. The maximum absolute atomic E-state index is 12.6. The molecule has 0 radical (unpaired) electrons. The molecule has 1 atom stereocenters. The number of hydrogen-bond acceptors (Lipinski definition) is 4. The van der Waals surface area contributed by atoms with Gasteiger partial charge in [-0.2, -0.15) is 0 Å². The number of rotatable bonds is 6. The fourth-order valence-electron chi connectivity index (χ4n) is 2.98.